The number of pyridine rings is 1. The number of hydrazine groups is 1. The topological polar surface area (TPSA) is 73.4 Å². The third-order valence-corrected chi connectivity index (χ3v) is 3.48. The molecule has 0 aliphatic heterocycles. The van der Waals surface area contributed by atoms with E-state index in [2.05, 4.69) is 56.0 Å². The molecule has 0 radical (unpaired) electrons. The number of fused-ring (bicyclic) bond motifs is 1. The van der Waals surface area contributed by atoms with Crippen LogP contribution >= 0.6 is 0 Å². The summed E-state index contributed by atoms with van der Waals surface area (Å²) in [7, 11) is 2.07. The van der Waals surface area contributed by atoms with Crippen molar-refractivity contribution >= 4 is 18.2 Å². The van der Waals surface area contributed by atoms with Gasteiger partial charge < -0.3 is 0 Å². The Bertz CT molecular complexity index is 829. The number of hydrogen-bond donors (Lipinski definition) is 3. The standard InChI is InChI=1S/C16H17N6/c1-21-15(11-22-9-3-2-4-16(21)22)14-7-5-13(6-8-14)10-19-20-12-18-17/h2-12H,17H2,1H3,(H,18,20)/q+1/p+1/b19-10-. The summed E-state index contributed by atoms with van der Waals surface area (Å²) in [6.07, 6.45) is 7.35. The maximum Gasteiger partial charge on any atom is 0.286 e. The summed E-state index contributed by atoms with van der Waals surface area (Å²) in [5, 5.41) is 6.35. The van der Waals surface area contributed by atoms with Gasteiger partial charge in [-0.1, -0.05) is 23.3 Å². The van der Waals surface area contributed by atoms with Crippen molar-refractivity contribution in [3.8, 4) is 11.3 Å². The predicted octanol–water partition coefficient (Wildman–Crippen LogP) is -0.663. The SMILES string of the molecule is Cn1c(-c2ccc(/C=N\NC=[NH+]N)cc2)c[n+]2ccccc12. The van der Waals surface area contributed by atoms with Crippen LogP contribution in [0.1, 0.15) is 5.56 Å². The number of hydrogen-bond acceptors (Lipinski definition) is 2. The minimum absolute atomic E-state index is 1.01. The fraction of sp³-hybridized carbons (Fsp3) is 0.0625. The molecule has 110 valence electrons. The molecule has 0 fully saturated rings. The number of imidazole rings is 1. The van der Waals surface area contributed by atoms with Crippen LogP contribution in [0.15, 0.2) is 60.0 Å². The molecule has 3 rings (SSSR count). The number of nitrogens with one attached hydrogen (secondary N) is 2. The van der Waals surface area contributed by atoms with E-state index in [-0.39, 0.29) is 0 Å². The lowest BCUT2D eigenvalue weighted by molar-refractivity contribution is -0.510. The Kier molecular flexibility index (Phi) is 3.82. The molecule has 0 aliphatic carbocycles. The van der Waals surface area contributed by atoms with Crippen LogP contribution in [0.4, 0.5) is 0 Å². The summed E-state index contributed by atoms with van der Waals surface area (Å²) in [6.45, 7) is 0. The summed E-state index contributed by atoms with van der Waals surface area (Å²) in [5.74, 6) is 5.09. The first-order valence-electron chi connectivity index (χ1n) is 6.92. The Morgan fingerprint density at radius 1 is 1.23 bits per heavy atom. The Labute approximate surface area is 128 Å². The molecule has 4 N–H and O–H groups in total. The second-order valence-electron chi connectivity index (χ2n) is 4.86. The fourth-order valence-electron chi connectivity index (χ4n) is 2.38. The second kappa shape index (κ2) is 6.09. The summed E-state index contributed by atoms with van der Waals surface area (Å²) in [5.41, 5.74) is 7.13. The van der Waals surface area contributed by atoms with Gasteiger partial charge in [-0.15, -0.1) is 0 Å². The molecule has 0 saturated heterocycles. The summed E-state index contributed by atoms with van der Waals surface area (Å²) < 4.78 is 4.29. The highest BCUT2D eigenvalue weighted by molar-refractivity contribution is 5.81. The van der Waals surface area contributed by atoms with Crippen molar-refractivity contribution in [2.45, 2.75) is 0 Å². The van der Waals surface area contributed by atoms with Gasteiger partial charge in [-0.25, -0.2) is 8.97 Å². The molecule has 0 unspecified atom stereocenters. The van der Waals surface area contributed by atoms with Crippen molar-refractivity contribution in [3.05, 3.63) is 60.4 Å². The lowest BCUT2D eigenvalue weighted by Gasteiger charge is -1.98. The molecule has 0 saturated carbocycles. The summed E-state index contributed by atoms with van der Waals surface area (Å²) in [4.78, 5) is 0. The second-order valence-corrected chi connectivity index (χ2v) is 4.86. The van der Waals surface area contributed by atoms with E-state index >= 15 is 0 Å². The van der Waals surface area contributed by atoms with Crippen molar-refractivity contribution in [3.63, 3.8) is 0 Å². The van der Waals surface area contributed by atoms with E-state index in [1.165, 1.54) is 6.34 Å². The molecule has 6 heteroatoms. The Balaban J connectivity index is 1.88. The van der Waals surface area contributed by atoms with Gasteiger partial charge in [-0.3, -0.25) is 5.84 Å². The minimum Gasteiger partial charge on any atom is -0.276 e. The van der Waals surface area contributed by atoms with Gasteiger partial charge in [-0.2, -0.15) is 10.5 Å². The van der Waals surface area contributed by atoms with Crippen LogP contribution in [-0.2, 0) is 7.05 Å². The van der Waals surface area contributed by atoms with Gasteiger partial charge in [0, 0.05) is 11.6 Å². The van der Waals surface area contributed by atoms with E-state index in [0.717, 1.165) is 22.5 Å². The van der Waals surface area contributed by atoms with Crippen molar-refractivity contribution in [2.24, 2.45) is 18.0 Å². The average molecular weight is 294 g/mol. The highest BCUT2D eigenvalue weighted by Crippen LogP contribution is 2.19. The normalized spacial score (nSPS) is 11.7. The van der Waals surface area contributed by atoms with Crippen molar-refractivity contribution in [1.29, 1.82) is 0 Å². The highest BCUT2D eigenvalue weighted by atomic mass is 15.3. The number of aryl methyl sites for hydroxylation is 1. The van der Waals surface area contributed by atoms with Crippen LogP contribution in [0.3, 0.4) is 0 Å². The molecule has 3 aromatic rings. The van der Waals surface area contributed by atoms with E-state index in [0.29, 0.717) is 0 Å². The highest BCUT2D eigenvalue weighted by Gasteiger charge is 2.14. The molecule has 0 amide bonds. The Morgan fingerprint density at radius 3 is 2.77 bits per heavy atom. The maximum absolute atomic E-state index is 5.09. The number of rotatable bonds is 4. The summed E-state index contributed by atoms with van der Waals surface area (Å²) in [6, 6.07) is 14.4. The van der Waals surface area contributed by atoms with E-state index in [9.17, 15) is 0 Å². The molecule has 22 heavy (non-hydrogen) atoms. The predicted molar refractivity (Wildman–Crippen MR) is 86.0 cm³/mol. The molecule has 0 aliphatic rings. The van der Waals surface area contributed by atoms with E-state index in [4.69, 9.17) is 5.84 Å². The molecule has 0 atom stereocenters. The lowest BCUT2D eigenvalue weighted by atomic mass is 10.1. The first-order valence-corrected chi connectivity index (χ1v) is 6.92. The zero-order valence-electron chi connectivity index (χ0n) is 12.3. The first kappa shape index (κ1) is 13.8. The number of hydrazone groups is 2. The van der Waals surface area contributed by atoms with Crippen LogP contribution in [0.25, 0.3) is 16.9 Å². The largest absolute Gasteiger partial charge is 0.286 e. The number of aromatic nitrogens is 2. The average Bonchev–Trinajstić information content (AvgIpc) is 2.90. The van der Waals surface area contributed by atoms with Gasteiger partial charge in [0.05, 0.1) is 19.5 Å². The third kappa shape index (κ3) is 2.67. The van der Waals surface area contributed by atoms with Crippen LogP contribution in [0, 0.1) is 0 Å². The number of nitrogens with zero attached hydrogens (tertiary/aromatic N) is 3. The van der Waals surface area contributed by atoms with Gasteiger partial charge in [0.2, 0.25) is 0 Å². The van der Waals surface area contributed by atoms with Gasteiger partial charge in [-0.05, 0) is 23.8 Å². The van der Waals surface area contributed by atoms with Crippen molar-refractivity contribution in [1.82, 2.24) is 9.99 Å². The monoisotopic (exact) mass is 294 g/mol. The molecular formula is C16H18N6+2. The van der Waals surface area contributed by atoms with E-state index in [1.807, 2.05) is 30.5 Å². The van der Waals surface area contributed by atoms with E-state index in [1.54, 1.807) is 6.21 Å². The van der Waals surface area contributed by atoms with Gasteiger partial charge in [0.15, 0.2) is 5.69 Å². The third-order valence-electron chi connectivity index (χ3n) is 3.48. The Morgan fingerprint density at radius 2 is 2.05 bits per heavy atom. The number of benzene rings is 1. The van der Waals surface area contributed by atoms with Gasteiger partial charge in [0.25, 0.3) is 12.0 Å². The molecule has 0 bridgehead atoms. The van der Waals surface area contributed by atoms with Crippen LogP contribution in [0.5, 0.6) is 0 Å². The van der Waals surface area contributed by atoms with Crippen LogP contribution in [-0.4, -0.2) is 17.1 Å². The zero-order chi connectivity index (χ0) is 15.4. The molecule has 2 heterocycles. The molecule has 1 aromatic carbocycles. The first-order chi connectivity index (χ1) is 10.8. The van der Waals surface area contributed by atoms with Crippen LogP contribution in [0.2, 0.25) is 0 Å². The van der Waals surface area contributed by atoms with Crippen LogP contribution < -0.4 is 20.8 Å². The van der Waals surface area contributed by atoms with Gasteiger partial charge in [0.1, 0.15) is 6.20 Å². The number of nitrogens with two attached hydrogens (primary N) is 1. The zero-order valence-corrected chi connectivity index (χ0v) is 12.3. The Hall–Kier alpha value is -3.15. The summed E-state index contributed by atoms with van der Waals surface area (Å²) >= 11 is 0. The molecule has 0 spiro atoms. The molecule has 2 aromatic heterocycles. The fourth-order valence-corrected chi connectivity index (χ4v) is 2.38. The molecule has 6 nitrogen and oxygen atoms in total. The van der Waals surface area contributed by atoms with E-state index < -0.39 is 0 Å². The van der Waals surface area contributed by atoms with Crippen molar-refractivity contribution < 1.29 is 9.50 Å². The smallest absolute Gasteiger partial charge is 0.276 e. The quantitative estimate of drug-likeness (QED) is 0.196. The molecular weight excluding hydrogens is 276 g/mol. The minimum atomic E-state index is 1.01. The lowest BCUT2D eigenvalue weighted by Crippen LogP contribution is -2.78. The van der Waals surface area contributed by atoms with Crippen molar-refractivity contribution in [2.75, 3.05) is 0 Å². The van der Waals surface area contributed by atoms with Gasteiger partial charge >= 0.3 is 0 Å². The maximum atomic E-state index is 5.09.